The Hall–Kier alpha value is -2.93. The fourth-order valence-corrected chi connectivity index (χ4v) is 3.68. The molecule has 0 aliphatic carbocycles. The second-order valence-corrected chi connectivity index (χ2v) is 7.22. The van der Waals surface area contributed by atoms with E-state index in [9.17, 15) is 14.4 Å². The molecule has 1 aromatic carbocycles. The molecule has 1 aromatic heterocycles. The number of hydrogen-bond acceptors (Lipinski definition) is 4. The summed E-state index contributed by atoms with van der Waals surface area (Å²) in [4.78, 5) is 41.3. The maximum atomic E-state index is 12.7. The number of benzene rings is 1. The average Bonchev–Trinajstić information content (AvgIpc) is 3.18. The van der Waals surface area contributed by atoms with Crippen LogP contribution in [0.4, 0.5) is 11.4 Å². The Bertz CT molecular complexity index is 848. The Morgan fingerprint density at radius 2 is 2.04 bits per heavy atom. The number of hydrogen-bond donors (Lipinski definition) is 1. The predicted molar refractivity (Wildman–Crippen MR) is 107 cm³/mol. The van der Waals surface area contributed by atoms with Crippen molar-refractivity contribution in [3.05, 3.63) is 59.3 Å². The molecule has 1 N–H and O–H groups in total. The lowest BCUT2D eigenvalue weighted by atomic mass is 10.1. The fourth-order valence-electron chi connectivity index (χ4n) is 2.96. The van der Waals surface area contributed by atoms with Gasteiger partial charge in [0.15, 0.2) is 0 Å². The number of rotatable bonds is 7. The molecular weight excluding hydrogens is 362 g/mol. The van der Waals surface area contributed by atoms with Gasteiger partial charge in [0.25, 0.3) is 0 Å². The number of fused-ring (bicyclic) bond motifs is 1. The van der Waals surface area contributed by atoms with Crippen LogP contribution < -0.4 is 10.2 Å². The molecule has 3 rings (SSSR count). The van der Waals surface area contributed by atoms with E-state index in [0.717, 1.165) is 4.88 Å². The van der Waals surface area contributed by atoms with E-state index in [0.29, 0.717) is 24.5 Å². The van der Waals surface area contributed by atoms with Gasteiger partial charge in [-0.15, -0.1) is 17.9 Å². The van der Waals surface area contributed by atoms with Crippen molar-refractivity contribution in [2.75, 3.05) is 23.3 Å². The highest BCUT2D eigenvalue weighted by Gasteiger charge is 2.27. The second kappa shape index (κ2) is 8.64. The van der Waals surface area contributed by atoms with E-state index in [4.69, 9.17) is 0 Å². The lowest BCUT2D eigenvalue weighted by molar-refractivity contribution is -0.133. The summed E-state index contributed by atoms with van der Waals surface area (Å²) >= 11 is 1.59. The third-order valence-corrected chi connectivity index (χ3v) is 5.11. The van der Waals surface area contributed by atoms with Gasteiger partial charge in [0.2, 0.25) is 17.7 Å². The van der Waals surface area contributed by atoms with Gasteiger partial charge in [0.05, 0.1) is 17.9 Å². The number of nitrogens with one attached hydrogen (secondary N) is 1. The van der Waals surface area contributed by atoms with Crippen molar-refractivity contribution in [2.24, 2.45) is 0 Å². The standard InChI is InChI=1S/C20H21N3O3S/c1-2-11-22(13-15-6-5-12-27-15)19(25)9-10-20(26)23-14-18(24)21-16-7-3-4-8-17(16)23/h2-8,12H,1,9-11,13-14H2,(H,21,24). The normalized spacial score (nSPS) is 12.9. The molecular formula is C20H21N3O3S. The van der Waals surface area contributed by atoms with Crippen LogP contribution in [-0.2, 0) is 20.9 Å². The van der Waals surface area contributed by atoms with Crippen LogP contribution in [0.25, 0.3) is 0 Å². The highest BCUT2D eigenvalue weighted by atomic mass is 32.1. The van der Waals surface area contributed by atoms with Gasteiger partial charge < -0.3 is 15.1 Å². The summed E-state index contributed by atoms with van der Waals surface area (Å²) in [7, 11) is 0. The highest BCUT2D eigenvalue weighted by molar-refractivity contribution is 7.09. The molecule has 0 saturated carbocycles. The van der Waals surface area contributed by atoms with E-state index in [1.54, 1.807) is 40.5 Å². The lowest BCUT2D eigenvalue weighted by Gasteiger charge is -2.29. The van der Waals surface area contributed by atoms with Crippen molar-refractivity contribution < 1.29 is 14.4 Å². The van der Waals surface area contributed by atoms with Crippen LogP contribution in [0.1, 0.15) is 17.7 Å². The largest absolute Gasteiger partial charge is 0.334 e. The van der Waals surface area contributed by atoms with Crippen LogP contribution in [0.5, 0.6) is 0 Å². The Balaban J connectivity index is 1.63. The molecule has 0 spiro atoms. The number of nitrogens with zero attached hydrogens (tertiary/aromatic N) is 2. The van der Waals surface area contributed by atoms with Crippen LogP contribution in [0.3, 0.4) is 0 Å². The second-order valence-electron chi connectivity index (χ2n) is 6.19. The van der Waals surface area contributed by atoms with Crippen LogP contribution in [-0.4, -0.2) is 35.7 Å². The third-order valence-electron chi connectivity index (χ3n) is 4.25. The first-order valence-electron chi connectivity index (χ1n) is 8.69. The van der Waals surface area contributed by atoms with Crippen molar-refractivity contribution in [2.45, 2.75) is 19.4 Å². The fraction of sp³-hybridized carbons (Fsp3) is 0.250. The van der Waals surface area contributed by atoms with E-state index >= 15 is 0 Å². The van der Waals surface area contributed by atoms with Crippen LogP contribution >= 0.6 is 11.3 Å². The summed E-state index contributed by atoms with van der Waals surface area (Å²) in [6.07, 6.45) is 1.83. The average molecular weight is 383 g/mol. The van der Waals surface area contributed by atoms with Crippen LogP contribution in [0.15, 0.2) is 54.4 Å². The summed E-state index contributed by atoms with van der Waals surface area (Å²) in [6, 6.07) is 11.1. The Kier molecular flexibility index (Phi) is 6.03. The molecule has 0 radical (unpaired) electrons. The molecule has 2 aromatic rings. The Morgan fingerprint density at radius 3 is 2.78 bits per heavy atom. The Morgan fingerprint density at radius 1 is 1.22 bits per heavy atom. The minimum absolute atomic E-state index is 0.0321. The van der Waals surface area contributed by atoms with Gasteiger partial charge in [-0.05, 0) is 23.6 Å². The van der Waals surface area contributed by atoms with Crippen molar-refractivity contribution in [3.63, 3.8) is 0 Å². The van der Waals surface area contributed by atoms with Gasteiger partial charge in [-0.1, -0.05) is 24.3 Å². The van der Waals surface area contributed by atoms with Gasteiger partial charge in [0.1, 0.15) is 6.54 Å². The van der Waals surface area contributed by atoms with E-state index < -0.39 is 0 Å². The van der Waals surface area contributed by atoms with Crippen molar-refractivity contribution >= 4 is 40.4 Å². The smallest absolute Gasteiger partial charge is 0.244 e. The molecule has 0 fully saturated rings. The first-order valence-corrected chi connectivity index (χ1v) is 9.56. The molecule has 6 nitrogen and oxygen atoms in total. The molecule has 2 heterocycles. The lowest BCUT2D eigenvalue weighted by Crippen LogP contribution is -2.42. The van der Waals surface area contributed by atoms with E-state index in [2.05, 4.69) is 11.9 Å². The molecule has 3 amide bonds. The van der Waals surface area contributed by atoms with Crippen LogP contribution in [0, 0.1) is 0 Å². The van der Waals surface area contributed by atoms with E-state index in [-0.39, 0.29) is 37.1 Å². The number of amides is 3. The SMILES string of the molecule is C=CCN(Cc1cccs1)C(=O)CCC(=O)N1CC(=O)Nc2ccccc21. The zero-order chi connectivity index (χ0) is 19.2. The predicted octanol–water partition coefficient (Wildman–Crippen LogP) is 3.03. The number of carbonyl (C=O) groups is 3. The maximum absolute atomic E-state index is 12.7. The molecule has 7 heteroatoms. The quantitative estimate of drug-likeness (QED) is 0.747. The first-order chi connectivity index (χ1) is 13.1. The summed E-state index contributed by atoms with van der Waals surface area (Å²) in [5.74, 6) is -0.578. The molecule has 0 saturated heterocycles. The minimum Gasteiger partial charge on any atom is -0.334 e. The zero-order valence-corrected chi connectivity index (χ0v) is 15.7. The minimum atomic E-state index is -0.237. The zero-order valence-electron chi connectivity index (χ0n) is 14.9. The van der Waals surface area contributed by atoms with Gasteiger partial charge >= 0.3 is 0 Å². The van der Waals surface area contributed by atoms with E-state index in [1.807, 2.05) is 23.6 Å². The first kappa shape index (κ1) is 18.8. The van der Waals surface area contributed by atoms with Gasteiger partial charge in [0, 0.05) is 24.3 Å². The molecule has 1 aliphatic rings. The van der Waals surface area contributed by atoms with Gasteiger partial charge in [-0.2, -0.15) is 0 Å². The van der Waals surface area contributed by atoms with Gasteiger partial charge in [-0.3, -0.25) is 14.4 Å². The summed E-state index contributed by atoms with van der Waals surface area (Å²) < 4.78 is 0. The van der Waals surface area contributed by atoms with Crippen molar-refractivity contribution in [1.82, 2.24) is 4.90 Å². The maximum Gasteiger partial charge on any atom is 0.244 e. The van der Waals surface area contributed by atoms with Crippen molar-refractivity contribution in [1.29, 1.82) is 0 Å². The highest BCUT2D eigenvalue weighted by Crippen LogP contribution is 2.29. The Labute approximate surface area is 162 Å². The molecule has 0 atom stereocenters. The van der Waals surface area contributed by atoms with Gasteiger partial charge in [-0.25, -0.2) is 0 Å². The number of anilines is 2. The third kappa shape index (κ3) is 4.62. The summed E-state index contributed by atoms with van der Waals surface area (Å²) in [6.45, 7) is 4.61. The molecule has 0 bridgehead atoms. The molecule has 27 heavy (non-hydrogen) atoms. The topological polar surface area (TPSA) is 69.7 Å². The number of thiophene rings is 1. The van der Waals surface area contributed by atoms with Crippen LogP contribution in [0.2, 0.25) is 0 Å². The monoisotopic (exact) mass is 383 g/mol. The molecule has 0 unspecified atom stereocenters. The molecule has 1 aliphatic heterocycles. The summed E-state index contributed by atoms with van der Waals surface area (Å²) in [5, 5.41) is 4.72. The number of para-hydroxylation sites is 2. The number of carbonyl (C=O) groups excluding carboxylic acids is 3. The van der Waals surface area contributed by atoms with E-state index in [1.165, 1.54) is 4.90 Å². The summed E-state index contributed by atoms with van der Waals surface area (Å²) in [5.41, 5.74) is 1.27. The molecule has 140 valence electrons. The van der Waals surface area contributed by atoms with Crippen molar-refractivity contribution in [3.8, 4) is 0 Å².